The molecule has 1 atom stereocenters. The van der Waals surface area contributed by atoms with Crippen molar-refractivity contribution in [2.75, 3.05) is 19.0 Å². The summed E-state index contributed by atoms with van der Waals surface area (Å²) in [5, 5.41) is 3.48. The van der Waals surface area contributed by atoms with E-state index in [2.05, 4.69) is 23.5 Å². The molecule has 82 valence electrons. The maximum absolute atomic E-state index is 12.2. The molecule has 1 aromatic rings. The molecular formula is C12H16FNS. The Morgan fingerprint density at radius 2 is 2.27 bits per heavy atom. The van der Waals surface area contributed by atoms with E-state index in [9.17, 15) is 4.39 Å². The van der Waals surface area contributed by atoms with E-state index in [1.165, 1.54) is 23.3 Å². The van der Waals surface area contributed by atoms with Gasteiger partial charge in [0.05, 0.1) is 6.67 Å². The predicted molar refractivity (Wildman–Crippen MR) is 63.1 cm³/mol. The van der Waals surface area contributed by atoms with Gasteiger partial charge in [-0.1, -0.05) is 18.2 Å². The number of alkyl halides is 1. The third kappa shape index (κ3) is 2.73. The molecule has 0 saturated carbocycles. The number of benzene rings is 1. The highest BCUT2D eigenvalue weighted by Crippen LogP contribution is 2.31. The summed E-state index contributed by atoms with van der Waals surface area (Å²) in [5.74, 6) is 0.559. The van der Waals surface area contributed by atoms with Crippen LogP contribution in [0.15, 0.2) is 29.2 Å². The van der Waals surface area contributed by atoms with Gasteiger partial charge in [0.1, 0.15) is 0 Å². The lowest BCUT2D eigenvalue weighted by atomic mass is 10.1. The lowest BCUT2D eigenvalue weighted by Crippen LogP contribution is -2.13. The average Bonchev–Trinajstić information content (AvgIpc) is 2.80. The Labute approximate surface area is 94.5 Å². The monoisotopic (exact) mass is 225 g/mol. The van der Waals surface area contributed by atoms with Crippen molar-refractivity contribution in [2.24, 2.45) is 0 Å². The van der Waals surface area contributed by atoms with Crippen LogP contribution in [0.25, 0.3) is 0 Å². The van der Waals surface area contributed by atoms with Gasteiger partial charge in [-0.3, -0.25) is 4.39 Å². The van der Waals surface area contributed by atoms with Gasteiger partial charge in [0.2, 0.25) is 0 Å². The van der Waals surface area contributed by atoms with Crippen molar-refractivity contribution >= 4 is 11.8 Å². The zero-order valence-corrected chi connectivity index (χ0v) is 9.52. The van der Waals surface area contributed by atoms with Gasteiger partial charge in [-0.2, -0.15) is 0 Å². The molecule has 0 bridgehead atoms. The summed E-state index contributed by atoms with van der Waals surface area (Å²) in [4.78, 5) is 1.23. The van der Waals surface area contributed by atoms with E-state index in [0.29, 0.717) is 11.8 Å². The fourth-order valence-corrected chi connectivity index (χ4v) is 2.85. The molecule has 3 heteroatoms. The van der Waals surface area contributed by atoms with Crippen LogP contribution in [-0.2, 0) is 0 Å². The number of rotatable bonds is 4. The predicted octanol–water partition coefficient (Wildman–Crippen LogP) is 3.17. The highest BCUT2D eigenvalue weighted by Gasteiger charge is 2.18. The second kappa shape index (κ2) is 5.52. The fraction of sp³-hybridized carbons (Fsp3) is 0.500. The molecular weight excluding hydrogens is 209 g/mol. The van der Waals surface area contributed by atoms with Crippen LogP contribution in [-0.4, -0.2) is 19.0 Å². The summed E-state index contributed by atoms with van der Waals surface area (Å²) in [6.07, 6.45) is 2.44. The molecule has 15 heavy (non-hydrogen) atoms. The highest BCUT2D eigenvalue weighted by molar-refractivity contribution is 7.99. The standard InChI is InChI=1S/C12H16FNS/c13-7-9-15-12-6-2-1-4-10(12)11-5-3-8-14-11/h1-2,4,6,11,14H,3,5,7-9H2. The van der Waals surface area contributed by atoms with E-state index in [-0.39, 0.29) is 6.67 Å². The zero-order valence-electron chi connectivity index (χ0n) is 8.71. The molecule has 1 heterocycles. The normalized spacial score (nSPS) is 20.7. The highest BCUT2D eigenvalue weighted by atomic mass is 32.2. The smallest absolute Gasteiger partial charge is 0.0988 e. The summed E-state index contributed by atoms with van der Waals surface area (Å²) >= 11 is 1.62. The minimum atomic E-state index is -0.253. The van der Waals surface area contributed by atoms with E-state index in [4.69, 9.17) is 0 Å². The van der Waals surface area contributed by atoms with Crippen LogP contribution in [0.4, 0.5) is 4.39 Å². The Balaban J connectivity index is 2.13. The Morgan fingerprint density at radius 1 is 1.40 bits per heavy atom. The third-order valence-corrected chi connectivity index (χ3v) is 3.73. The molecule has 1 saturated heterocycles. The van der Waals surface area contributed by atoms with Crippen molar-refractivity contribution in [1.82, 2.24) is 5.32 Å². The number of thioether (sulfide) groups is 1. The van der Waals surface area contributed by atoms with Crippen LogP contribution in [0, 0.1) is 0 Å². The molecule has 0 amide bonds. The second-order valence-corrected chi connectivity index (χ2v) is 4.86. The van der Waals surface area contributed by atoms with Gasteiger partial charge in [-0.25, -0.2) is 0 Å². The summed E-state index contributed by atoms with van der Waals surface area (Å²) < 4.78 is 12.2. The zero-order chi connectivity index (χ0) is 10.5. The van der Waals surface area contributed by atoms with Crippen LogP contribution < -0.4 is 5.32 Å². The molecule has 0 spiro atoms. The molecule has 1 nitrogen and oxygen atoms in total. The number of hydrogen-bond acceptors (Lipinski definition) is 2. The molecule has 1 N–H and O–H groups in total. The first-order valence-electron chi connectivity index (χ1n) is 5.43. The first kappa shape index (κ1) is 11.0. The summed E-state index contributed by atoms with van der Waals surface area (Å²) in [7, 11) is 0. The summed E-state index contributed by atoms with van der Waals surface area (Å²) in [6.45, 7) is 0.851. The van der Waals surface area contributed by atoms with Gasteiger partial charge < -0.3 is 5.32 Å². The van der Waals surface area contributed by atoms with E-state index in [1.54, 1.807) is 11.8 Å². The van der Waals surface area contributed by atoms with Crippen molar-refractivity contribution in [3.8, 4) is 0 Å². The summed E-state index contributed by atoms with van der Waals surface area (Å²) in [6, 6.07) is 8.82. The fourth-order valence-electron chi connectivity index (χ4n) is 2.00. The SMILES string of the molecule is FCCSc1ccccc1C1CCCN1. The molecule has 1 aliphatic rings. The lowest BCUT2D eigenvalue weighted by molar-refractivity contribution is 0.532. The maximum Gasteiger partial charge on any atom is 0.0988 e. The van der Waals surface area contributed by atoms with E-state index in [1.807, 2.05) is 6.07 Å². The number of halogens is 1. The number of nitrogens with one attached hydrogen (secondary N) is 1. The van der Waals surface area contributed by atoms with Crippen molar-refractivity contribution in [2.45, 2.75) is 23.8 Å². The van der Waals surface area contributed by atoms with Gasteiger partial charge in [-0.05, 0) is 31.0 Å². The molecule has 1 aliphatic heterocycles. The first-order chi connectivity index (χ1) is 7.42. The minimum absolute atomic E-state index is 0.253. The average molecular weight is 225 g/mol. The quantitative estimate of drug-likeness (QED) is 0.790. The molecule has 0 aromatic heterocycles. The second-order valence-electron chi connectivity index (χ2n) is 3.72. The van der Waals surface area contributed by atoms with Crippen molar-refractivity contribution < 1.29 is 4.39 Å². The third-order valence-electron chi connectivity index (χ3n) is 2.69. The minimum Gasteiger partial charge on any atom is -0.310 e. The van der Waals surface area contributed by atoms with Gasteiger partial charge in [-0.15, -0.1) is 11.8 Å². The Kier molecular flexibility index (Phi) is 4.03. The molecule has 0 aliphatic carbocycles. The molecule has 0 radical (unpaired) electrons. The Bertz CT molecular complexity index is 310. The number of hydrogen-bond donors (Lipinski definition) is 1. The molecule has 1 aromatic carbocycles. The molecule has 1 fully saturated rings. The van der Waals surface area contributed by atoms with Crippen molar-refractivity contribution in [3.63, 3.8) is 0 Å². The van der Waals surface area contributed by atoms with Crippen LogP contribution in [0.1, 0.15) is 24.4 Å². The largest absolute Gasteiger partial charge is 0.310 e. The van der Waals surface area contributed by atoms with Gasteiger partial charge in [0.25, 0.3) is 0 Å². The molecule has 2 rings (SSSR count). The van der Waals surface area contributed by atoms with Crippen LogP contribution in [0.3, 0.4) is 0 Å². The van der Waals surface area contributed by atoms with Crippen LogP contribution >= 0.6 is 11.8 Å². The van der Waals surface area contributed by atoms with E-state index < -0.39 is 0 Å². The van der Waals surface area contributed by atoms with Crippen molar-refractivity contribution in [3.05, 3.63) is 29.8 Å². The first-order valence-corrected chi connectivity index (χ1v) is 6.41. The van der Waals surface area contributed by atoms with Gasteiger partial charge >= 0.3 is 0 Å². The van der Waals surface area contributed by atoms with Crippen molar-refractivity contribution in [1.29, 1.82) is 0 Å². The van der Waals surface area contributed by atoms with E-state index in [0.717, 1.165) is 6.54 Å². The molecule has 1 unspecified atom stereocenters. The Morgan fingerprint density at radius 3 is 3.00 bits per heavy atom. The van der Waals surface area contributed by atoms with Crippen LogP contribution in [0.2, 0.25) is 0 Å². The topological polar surface area (TPSA) is 12.0 Å². The summed E-state index contributed by atoms with van der Waals surface area (Å²) in [5.41, 5.74) is 1.34. The lowest BCUT2D eigenvalue weighted by Gasteiger charge is -2.14. The Hall–Kier alpha value is -0.540. The van der Waals surface area contributed by atoms with E-state index >= 15 is 0 Å². The van der Waals surface area contributed by atoms with Gasteiger partial charge in [0.15, 0.2) is 0 Å². The maximum atomic E-state index is 12.2. The van der Waals surface area contributed by atoms with Gasteiger partial charge in [0, 0.05) is 16.7 Å². The van der Waals surface area contributed by atoms with Crippen LogP contribution in [0.5, 0.6) is 0 Å².